The number of carbonyl (C=O) groups excluding carboxylic acids is 8. The van der Waals surface area contributed by atoms with E-state index < -0.39 is 35.1 Å². The van der Waals surface area contributed by atoms with E-state index in [1.807, 2.05) is 95.3 Å². The molecular formula is C82H144N10O9. The van der Waals surface area contributed by atoms with E-state index in [9.17, 15) is 19.2 Å². The van der Waals surface area contributed by atoms with Crippen LogP contribution in [0.25, 0.3) is 0 Å². The SMILES string of the molecule is CCCCCCCCCCN(CC(N)=O)C(=O)CN(CCCCCCCCCC)C(=O)CN(CCCCCCCCCC)C(=O)CN(CCCCCCCCCC)C(=O)CN(CCc1ccccc1)C(=O)CN(CCc1ccccc1)C(=O)CN(CCN)C(=O)CNC(C)(C)COC(C)(C)C. The minimum atomic E-state index is -0.617. The Bertz CT molecular complexity index is 2530. The smallest absolute Gasteiger partial charge is 0.242 e. The molecule has 0 bridgehead atoms. The number of carbonyl (C=O) groups is 8. The van der Waals surface area contributed by atoms with E-state index in [1.165, 1.54) is 77.4 Å². The van der Waals surface area contributed by atoms with E-state index in [0.717, 1.165) is 133 Å². The summed E-state index contributed by atoms with van der Waals surface area (Å²) in [6.45, 7) is 18.3. The molecule has 5 N–H and O–H groups in total. The van der Waals surface area contributed by atoms with Crippen LogP contribution in [0.2, 0.25) is 0 Å². The number of nitrogens with one attached hydrogen (secondary N) is 1. The summed E-state index contributed by atoms with van der Waals surface area (Å²) < 4.78 is 6.04. The standard InChI is InChI=1S/C82H144N10O9/c1-10-14-18-22-26-30-34-44-55-86(63-73(84)93)75(95)64-87(56-45-35-31-27-23-19-15-11-2)76(96)65-88(57-46-36-32-28-24-20-16-12-3)77(97)66-89(58-47-37-33-29-25-21-17-13-4)78(98)67-90(59-52-71-48-40-38-41-49-71)79(99)68-91(60-53-72-50-42-39-43-51-72)80(100)69-92(61-54-83)74(94)62-85-82(8,9)70-101-81(5,6)7/h38-43,48-51,85H,10-37,44-47,52-70,83H2,1-9H3,(H2,84,93). The van der Waals surface area contributed by atoms with Gasteiger partial charge in [0.1, 0.15) is 0 Å². The van der Waals surface area contributed by atoms with Crippen LogP contribution in [0, 0.1) is 0 Å². The van der Waals surface area contributed by atoms with Crippen LogP contribution < -0.4 is 16.8 Å². The molecule has 2 aromatic carbocycles. The van der Waals surface area contributed by atoms with Crippen LogP contribution in [-0.2, 0) is 55.9 Å². The quantitative estimate of drug-likeness (QED) is 0.0527. The highest BCUT2D eigenvalue weighted by Gasteiger charge is 2.32. The molecule has 0 fully saturated rings. The number of primary amides is 1. The lowest BCUT2D eigenvalue weighted by Gasteiger charge is -2.33. The molecule has 0 spiro atoms. The number of unbranched alkanes of at least 4 members (excludes halogenated alkanes) is 28. The minimum absolute atomic E-state index is 0.0752. The van der Waals surface area contributed by atoms with Crippen molar-refractivity contribution in [3.05, 3.63) is 71.8 Å². The second-order valence-corrected chi connectivity index (χ2v) is 30.0. The molecule has 0 aliphatic rings. The Labute approximate surface area is 613 Å². The van der Waals surface area contributed by atoms with E-state index in [1.54, 1.807) is 14.7 Å². The van der Waals surface area contributed by atoms with Crippen LogP contribution in [-0.4, -0.2) is 204 Å². The normalized spacial score (nSPS) is 11.5. The molecule has 0 aliphatic carbocycles. The number of amides is 8. The maximum atomic E-state index is 15.4. The summed E-state index contributed by atoms with van der Waals surface area (Å²) in [5, 5.41) is 3.30. The van der Waals surface area contributed by atoms with Gasteiger partial charge in [-0.3, -0.25) is 38.4 Å². The number of nitrogens with zero attached hydrogens (tertiary/aromatic N) is 7. The van der Waals surface area contributed by atoms with Crippen molar-refractivity contribution in [3.8, 4) is 0 Å². The highest BCUT2D eigenvalue weighted by atomic mass is 16.5. The largest absolute Gasteiger partial charge is 0.374 e. The summed E-state index contributed by atoms with van der Waals surface area (Å²) in [6.07, 6.45) is 33.9. The monoisotopic (exact) mass is 1410 g/mol. The van der Waals surface area contributed by atoms with Crippen LogP contribution in [0.5, 0.6) is 0 Å². The molecule has 0 radical (unpaired) electrons. The lowest BCUT2D eigenvalue weighted by molar-refractivity contribution is -0.148. The van der Waals surface area contributed by atoms with E-state index >= 15 is 19.2 Å². The highest BCUT2D eigenvalue weighted by Crippen LogP contribution is 2.18. The van der Waals surface area contributed by atoms with Crippen molar-refractivity contribution in [2.24, 2.45) is 11.5 Å². The predicted octanol–water partition coefficient (Wildman–Crippen LogP) is 13.5. The maximum absolute atomic E-state index is 15.4. The zero-order valence-electron chi connectivity index (χ0n) is 65.3. The van der Waals surface area contributed by atoms with Gasteiger partial charge in [0, 0.05) is 57.9 Å². The van der Waals surface area contributed by atoms with Crippen LogP contribution >= 0.6 is 0 Å². The van der Waals surface area contributed by atoms with Gasteiger partial charge in [-0.2, -0.15) is 0 Å². The van der Waals surface area contributed by atoms with Crippen molar-refractivity contribution in [2.45, 2.75) is 292 Å². The summed E-state index contributed by atoms with van der Waals surface area (Å²) in [4.78, 5) is 127. The van der Waals surface area contributed by atoms with Gasteiger partial charge in [-0.1, -0.05) is 268 Å². The molecule has 0 heterocycles. The fourth-order valence-electron chi connectivity index (χ4n) is 12.4. The molecule has 0 atom stereocenters. The van der Waals surface area contributed by atoms with E-state index in [2.05, 4.69) is 33.0 Å². The Morgan fingerprint density at radius 1 is 0.337 bits per heavy atom. The first-order chi connectivity index (χ1) is 48.6. The van der Waals surface area contributed by atoms with Crippen molar-refractivity contribution >= 4 is 47.3 Å². The first-order valence-corrected chi connectivity index (χ1v) is 40.0. The summed E-state index contributed by atoms with van der Waals surface area (Å²) in [5.74, 6) is -3.41. The highest BCUT2D eigenvalue weighted by molar-refractivity contribution is 5.93. The van der Waals surface area contributed by atoms with E-state index in [4.69, 9.17) is 16.2 Å². The number of rotatable bonds is 63. The molecule has 8 amide bonds. The van der Waals surface area contributed by atoms with Crippen molar-refractivity contribution in [1.82, 2.24) is 39.6 Å². The van der Waals surface area contributed by atoms with Crippen LogP contribution in [0.3, 0.4) is 0 Å². The minimum Gasteiger partial charge on any atom is -0.374 e. The Hall–Kier alpha value is -5.92. The zero-order valence-corrected chi connectivity index (χ0v) is 65.3. The lowest BCUT2D eigenvalue weighted by Crippen LogP contribution is -2.54. The summed E-state index contributed by atoms with van der Waals surface area (Å²) >= 11 is 0. The molecule has 576 valence electrons. The van der Waals surface area contributed by atoms with Gasteiger partial charge in [0.2, 0.25) is 47.3 Å². The van der Waals surface area contributed by atoms with E-state index in [-0.39, 0.29) is 115 Å². The molecule has 0 saturated heterocycles. The molecule has 19 heteroatoms. The Kier molecular flexibility index (Phi) is 51.0. The average Bonchev–Trinajstić information content (AvgIpc) is 0.867. The molecular weight excluding hydrogens is 1270 g/mol. The van der Waals surface area contributed by atoms with Crippen LogP contribution in [0.1, 0.15) is 279 Å². The fraction of sp³-hybridized carbons (Fsp3) is 0.756. The predicted molar refractivity (Wildman–Crippen MR) is 413 cm³/mol. The third-order valence-electron chi connectivity index (χ3n) is 18.9. The van der Waals surface area contributed by atoms with Gasteiger partial charge in [0.25, 0.3) is 0 Å². The average molecular weight is 1410 g/mol. The molecule has 0 saturated carbocycles. The molecule has 101 heavy (non-hydrogen) atoms. The maximum Gasteiger partial charge on any atom is 0.242 e. The van der Waals surface area contributed by atoms with Gasteiger partial charge in [0.05, 0.1) is 64.6 Å². The van der Waals surface area contributed by atoms with Crippen molar-refractivity contribution < 1.29 is 43.1 Å². The first kappa shape index (κ1) is 91.2. The molecule has 2 rings (SSSR count). The third-order valence-corrected chi connectivity index (χ3v) is 18.9. The molecule has 0 unspecified atom stereocenters. The molecule has 0 aromatic heterocycles. The Morgan fingerprint density at radius 3 is 0.842 bits per heavy atom. The van der Waals surface area contributed by atoms with Crippen molar-refractivity contribution in [1.29, 1.82) is 0 Å². The third kappa shape index (κ3) is 45.7. The topological polar surface area (TPSA) is 233 Å². The lowest BCUT2D eigenvalue weighted by atomic mass is 10.1. The number of hydrogen-bond acceptors (Lipinski definition) is 11. The van der Waals surface area contributed by atoms with Crippen molar-refractivity contribution in [3.63, 3.8) is 0 Å². The second-order valence-electron chi connectivity index (χ2n) is 30.0. The van der Waals surface area contributed by atoms with E-state index in [0.29, 0.717) is 58.2 Å². The first-order valence-electron chi connectivity index (χ1n) is 40.0. The molecule has 0 aliphatic heterocycles. The second kappa shape index (κ2) is 56.5. The molecule has 2 aromatic rings. The van der Waals surface area contributed by atoms with Gasteiger partial charge in [-0.25, -0.2) is 0 Å². The number of nitrogens with two attached hydrogens (primary N) is 2. The Morgan fingerprint density at radius 2 is 0.584 bits per heavy atom. The Balaban J connectivity index is 2.68. The number of benzene rings is 2. The summed E-state index contributed by atoms with van der Waals surface area (Å²) in [5.41, 5.74) is 12.8. The van der Waals surface area contributed by atoms with Gasteiger partial charge >= 0.3 is 0 Å². The summed E-state index contributed by atoms with van der Waals surface area (Å²) in [7, 11) is 0. The van der Waals surface area contributed by atoms with Gasteiger partial charge in [0.15, 0.2) is 0 Å². The molecule has 19 nitrogen and oxygen atoms in total. The van der Waals surface area contributed by atoms with Crippen LogP contribution in [0.15, 0.2) is 60.7 Å². The van der Waals surface area contributed by atoms with Crippen LogP contribution in [0.4, 0.5) is 0 Å². The number of ether oxygens (including phenoxy) is 1. The van der Waals surface area contributed by atoms with Gasteiger partial charge < -0.3 is 55.8 Å². The van der Waals surface area contributed by atoms with Gasteiger partial charge in [-0.15, -0.1) is 0 Å². The fourth-order valence-corrected chi connectivity index (χ4v) is 12.4. The van der Waals surface area contributed by atoms with Crippen molar-refractivity contribution in [2.75, 3.05) is 111 Å². The van der Waals surface area contributed by atoms with Gasteiger partial charge in [-0.05, 0) is 84.3 Å². The zero-order chi connectivity index (χ0) is 74.4. The summed E-state index contributed by atoms with van der Waals surface area (Å²) in [6, 6.07) is 19.4. The number of hydrogen-bond donors (Lipinski definition) is 3.